The van der Waals surface area contributed by atoms with Crippen molar-refractivity contribution in [3.05, 3.63) is 53.9 Å². The third-order valence-corrected chi connectivity index (χ3v) is 3.63. The van der Waals surface area contributed by atoms with Crippen molar-refractivity contribution in [1.82, 2.24) is 10.3 Å². The SMILES string of the molecule is CCOc1cc(C(=O)NCC(OC)C(=O)O)ccc1OCc1cccnc1. The first kappa shape index (κ1) is 20.2. The minimum absolute atomic E-state index is 0.145. The third kappa shape index (κ3) is 5.96. The zero-order chi connectivity index (χ0) is 19.6. The van der Waals surface area contributed by atoms with Gasteiger partial charge in [-0.2, -0.15) is 0 Å². The molecule has 0 aliphatic heterocycles. The summed E-state index contributed by atoms with van der Waals surface area (Å²) in [6.45, 7) is 2.40. The average molecular weight is 374 g/mol. The van der Waals surface area contributed by atoms with Gasteiger partial charge in [0.05, 0.1) is 13.2 Å². The van der Waals surface area contributed by atoms with Crippen molar-refractivity contribution >= 4 is 11.9 Å². The summed E-state index contributed by atoms with van der Waals surface area (Å²) in [6, 6.07) is 8.49. The van der Waals surface area contributed by atoms with E-state index in [1.165, 1.54) is 7.11 Å². The Morgan fingerprint density at radius 3 is 2.67 bits per heavy atom. The standard InChI is InChI=1S/C19H22N2O6/c1-3-26-16-9-14(18(22)21-11-17(25-2)19(23)24)6-7-15(16)27-12-13-5-4-8-20-10-13/h4-10,17H,3,11-12H2,1-2H3,(H,21,22)(H,23,24). The van der Waals surface area contributed by atoms with Crippen LogP contribution in [0.2, 0.25) is 0 Å². The molecular weight excluding hydrogens is 352 g/mol. The van der Waals surface area contributed by atoms with Crippen LogP contribution in [-0.4, -0.2) is 48.3 Å². The van der Waals surface area contributed by atoms with Gasteiger partial charge in [-0.05, 0) is 31.2 Å². The van der Waals surface area contributed by atoms with Crippen molar-refractivity contribution in [3.8, 4) is 11.5 Å². The van der Waals surface area contributed by atoms with Gasteiger partial charge in [0, 0.05) is 30.6 Å². The lowest BCUT2D eigenvalue weighted by atomic mass is 10.2. The number of rotatable bonds is 10. The second-order valence-electron chi connectivity index (χ2n) is 5.52. The number of nitrogens with zero attached hydrogens (tertiary/aromatic N) is 1. The van der Waals surface area contributed by atoms with Crippen LogP contribution in [0.5, 0.6) is 11.5 Å². The normalized spacial score (nSPS) is 11.5. The van der Waals surface area contributed by atoms with E-state index in [1.54, 1.807) is 30.6 Å². The van der Waals surface area contributed by atoms with E-state index in [4.69, 9.17) is 19.3 Å². The first-order valence-electron chi connectivity index (χ1n) is 8.37. The van der Waals surface area contributed by atoms with Crippen molar-refractivity contribution in [3.63, 3.8) is 0 Å². The van der Waals surface area contributed by atoms with Crippen molar-refractivity contribution < 1.29 is 28.9 Å². The van der Waals surface area contributed by atoms with E-state index in [-0.39, 0.29) is 6.54 Å². The molecule has 2 N–H and O–H groups in total. The number of aliphatic carboxylic acids is 1. The lowest BCUT2D eigenvalue weighted by Crippen LogP contribution is -2.37. The van der Waals surface area contributed by atoms with Gasteiger partial charge in [-0.25, -0.2) is 4.79 Å². The van der Waals surface area contributed by atoms with Crippen LogP contribution in [0.4, 0.5) is 0 Å². The number of carboxylic acids is 1. The highest BCUT2D eigenvalue weighted by atomic mass is 16.5. The number of carboxylic acid groups (broad SMARTS) is 1. The van der Waals surface area contributed by atoms with Gasteiger partial charge in [0.15, 0.2) is 17.6 Å². The number of nitrogens with one attached hydrogen (secondary N) is 1. The third-order valence-electron chi connectivity index (χ3n) is 3.63. The van der Waals surface area contributed by atoms with Crippen molar-refractivity contribution in [2.24, 2.45) is 0 Å². The van der Waals surface area contributed by atoms with Crippen molar-refractivity contribution in [2.45, 2.75) is 19.6 Å². The number of pyridine rings is 1. The van der Waals surface area contributed by atoms with Crippen LogP contribution >= 0.6 is 0 Å². The number of ether oxygens (including phenoxy) is 3. The zero-order valence-electron chi connectivity index (χ0n) is 15.2. The number of hydrogen-bond acceptors (Lipinski definition) is 6. The summed E-state index contributed by atoms with van der Waals surface area (Å²) >= 11 is 0. The van der Waals surface area contributed by atoms with E-state index in [1.807, 2.05) is 19.1 Å². The minimum atomic E-state index is -1.15. The van der Waals surface area contributed by atoms with Gasteiger partial charge in [-0.1, -0.05) is 6.07 Å². The summed E-state index contributed by atoms with van der Waals surface area (Å²) in [5, 5.41) is 11.5. The van der Waals surface area contributed by atoms with Crippen LogP contribution in [0.25, 0.3) is 0 Å². The van der Waals surface area contributed by atoms with Crippen LogP contribution in [0.1, 0.15) is 22.8 Å². The summed E-state index contributed by atoms with van der Waals surface area (Å²) in [6.07, 6.45) is 2.28. The molecule has 144 valence electrons. The first-order chi connectivity index (χ1) is 13.0. The molecule has 0 bridgehead atoms. The quantitative estimate of drug-likeness (QED) is 0.654. The maximum absolute atomic E-state index is 12.3. The van der Waals surface area contributed by atoms with Gasteiger partial charge in [0.1, 0.15) is 6.61 Å². The van der Waals surface area contributed by atoms with E-state index < -0.39 is 18.0 Å². The van der Waals surface area contributed by atoms with E-state index in [0.29, 0.717) is 30.3 Å². The molecule has 0 saturated heterocycles. The molecule has 0 aliphatic rings. The van der Waals surface area contributed by atoms with Gasteiger partial charge in [0.2, 0.25) is 0 Å². The molecule has 1 amide bonds. The van der Waals surface area contributed by atoms with Gasteiger partial charge in [-0.3, -0.25) is 9.78 Å². The molecule has 8 nitrogen and oxygen atoms in total. The lowest BCUT2D eigenvalue weighted by Gasteiger charge is -2.14. The monoisotopic (exact) mass is 374 g/mol. The molecule has 0 radical (unpaired) electrons. The van der Waals surface area contributed by atoms with Crippen LogP contribution in [0.3, 0.4) is 0 Å². The Kier molecular flexibility index (Phi) is 7.57. The fourth-order valence-corrected chi connectivity index (χ4v) is 2.24. The fourth-order valence-electron chi connectivity index (χ4n) is 2.24. The number of hydrogen-bond donors (Lipinski definition) is 2. The number of methoxy groups -OCH3 is 1. The summed E-state index contributed by atoms with van der Waals surface area (Å²) in [5.74, 6) is -0.654. The number of carbonyl (C=O) groups is 2. The molecule has 0 spiro atoms. The first-order valence-corrected chi connectivity index (χ1v) is 8.37. The second kappa shape index (κ2) is 10.1. The molecule has 1 heterocycles. The van der Waals surface area contributed by atoms with E-state index in [2.05, 4.69) is 10.3 Å². The van der Waals surface area contributed by atoms with Gasteiger partial charge in [0.25, 0.3) is 5.91 Å². The van der Waals surface area contributed by atoms with E-state index >= 15 is 0 Å². The molecule has 1 aromatic carbocycles. The molecule has 1 aromatic heterocycles. The largest absolute Gasteiger partial charge is 0.490 e. The highest BCUT2D eigenvalue weighted by Crippen LogP contribution is 2.29. The molecule has 0 saturated carbocycles. The molecule has 8 heteroatoms. The predicted octanol–water partition coefficient (Wildman–Crippen LogP) is 1.89. The summed E-state index contributed by atoms with van der Waals surface area (Å²) in [4.78, 5) is 27.2. The van der Waals surface area contributed by atoms with Gasteiger partial charge in [-0.15, -0.1) is 0 Å². The maximum Gasteiger partial charge on any atom is 0.334 e. The Bertz CT molecular complexity index is 766. The predicted molar refractivity (Wildman–Crippen MR) is 96.9 cm³/mol. The van der Waals surface area contributed by atoms with Crippen molar-refractivity contribution in [1.29, 1.82) is 0 Å². The van der Waals surface area contributed by atoms with E-state index in [9.17, 15) is 9.59 Å². The van der Waals surface area contributed by atoms with Crippen LogP contribution < -0.4 is 14.8 Å². The highest BCUT2D eigenvalue weighted by Gasteiger charge is 2.18. The Morgan fingerprint density at radius 1 is 1.22 bits per heavy atom. The van der Waals surface area contributed by atoms with Gasteiger partial charge < -0.3 is 24.6 Å². The Labute approximate surface area is 157 Å². The van der Waals surface area contributed by atoms with Crippen LogP contribution in [0.15, 0.2) is 42.7 Å². The average Bonchev–Trinajstić information content (AvgIpc) is 2.68. The molecule has 0 fully saturated rings. The van der Waals surface area contributed by atoms with Crippen molar-refractivity contribution in [2.75, 3.05) is 20.3 Å². The van der Waals surface area contributed by atoms with Crippen LogP contribution in [-0.2, 0) is 16.1 Å². The highest BCUT2D eigenvalue weighted by molar-refractivity contribution is 5.95. The van der Waals surface area contributed by atoms with Gasteiger partial charge >= 0.3 is 5.97 Å². The molecule has 0 aliphatic carbocycles. The Balaban J connectivity index is 2.06. The number of amides is 1. The Hall–Kier alpha value is -3.13. The number of benzene rings is 1. The number of carbonyl (C=O) groups excluding carboxylic acids is 1. The molecule has 1 unspecified atom stereocenters. The zero-order valence-corrected chi connectivity index (χ0v) is 15.2. The molecule has 2 rings (SSSR count). The summed E-state index contributed by atoms with van der Waals surface area (Å²) < 4.78 is 16.1. The smallest absolute Gasteiger partial charge is 0.334 e. The minimum Gasteiger partial charge on any atom is -0.490 e. The second-order valence-corrected chi connectivity index (χ2v) is 5.52. The summed E-state index contributed by atoms with van der Waals surface area (Å²) in [5.41, 5.74) is 1.23. The fraction of sp³-hybridized carbons (Fsp3) is 0.316. The van der Waals surface area contributed by atoms with E-state index in [0.717, 1.165) is 5.56 Å². The maximum atomic E-state index is 12.3. The lowest BCUT2D eigenvalue weighted by molar-refractivity contribution is -0.148. The van der Waals surface area contributed by atoms with Crippen LogP contribution in [0, 0.1) is 0 Å². The number of aromatic nitrogens is 1. The Morgan fingerprint density at radius 2 is 2.04 bits per heavy atom. The molecule has 27 heavy (non-hydrogen) atoms. The topological polar surface area (TPSA) is 107 Å². The molecular formula is C19H22N2O6. The molecule has 2 aromatic rings. The summed E-state index contributed by atoms with van der Waals surface area (Å²) in [7, 11) is 1.27. The molecule has 1 atom stereocenters.